The molecule has 2 aromatic rings. The van der Waals surface area contributed by atoms with Crippen LogP contribution in [0.5, 0.6) is 0 Å². The van der Waals surface area contributed by atoms with E-state index in [2.05, 4.69) is 9.97 Å². The molecule has 0 aliphatic carbocycles. The predicted octanol–water partition coefficient (Wildman–Crippen LogP) is 3.76. The van der Waals surface area contributed by atoms with Gasteiger partial charge in [-0.3, -0.25) is 0 Å². The summed E-state index contributed by atoms with van der Waals surface area (Å²) in [6, 6.07) is 9.39. The average Bonchev–Trinajstić information content (AvgIpc) is 2.16. The molecule has 2 rings (SSSR count). The normalized spacial score (nSPS) is 10.3. The molecular formula is C11H8Cl2N2. The number of rotatable bonds is 1. The molecule has 0 spiro atoms. The Labute approximate surface area is 97.9 Å². The van der Waals surface area contributed by atoms with E-state index in [0.717, 1.165) is 11.1 Å². The lowest BCUT2D eigenvalue weighted by molar-refractivity contribution is 1.17. The summed E-state index contributed by atoms with van der Waals surface area (Å²) in [5.74, 6) is 0.552. The predicted molar refractivity (Wildman–Crippen MR) is 62.2 cm³/mol. The summed E-state index contributed by atoms with van der Waals surface area (Å²) in [4.78, 5) is 8.23. The van der Waals surface area contributed by atoms with Crippen molar-refractivity contribution >= 4 is 23.2 Å². The van der Waals surface area contributed by atoms with Gasteiger partial charge in [-0.25, -0.2) is 9.97 Å². The van der Waals surface area contributed by atoms with Crippen molar-refractivity contribution in [2.24, 2.45) is 0 Å². The monoisotopic (exact) mass is 238 g/mol. The third kappa shape index (κ3) is 2.46. The van der Waals surface area contributed by atoms with E-state index in [4.69, 9.17) is 23.2 Å². The van der Waals surface area contributed by atoms with Crippen LogP contribution in [0.25, 0.3) is 11.4 Å². The highest BCUT2D eigenvalue weighted by molar-refractivity contribution is 6.33. The molecule has 0 radical (unpaired) electrons. The van der Waals surface area contributed by atoms with E-state index in [-0.39, 0.29) is 0 Å². The van der Waals surface area contributed by atoms with E-state index in [1.54, 1.807) is 0 Å². The number of aromatic nitrogens is 2. The fourth-order valence-electron chi connectivity index (χ4n) is 1.30. The van der Waals surface area contributed by atoms with E-state index in [1.807, 2.05) is 31.2 Å². The van der Waals surface area contributed by atoms with Gasteiger partial charge >= 0.3 is 0 Å². The molecule has 0 aliphatic rings. The van der Waals surface area contributed by atoms with Crippen LogP contribution in [0.1, 0.15) is 5.56 Å². The second-order valence-corrected chi connectivity index (χ2v) is 3.98. The number of nitrogens with zero attached hydrogens (tertiary/aromatic N) is 2. The Balaban J connectivity index is 2.54. The molecule has 0 unspecified atom stereocenters. The van der Waals surface area contributed by atoms with Gasteiger partial charge in [-0.2, -0.15) is 0 Å². The molecule has 0 amide bonds. The number of benzene rings is 1. The van der Waals surface area contributed by atoms with Gasteiger partial charge in [-0.15, -0.1) is 0 Å². The Bertz CT molecular complexity index is 477. The van der Waals surface area contributed by atoms with Gasteiger partial charge in [0.05, 0.1) is 0 Å². The molecule has 15 heavy (non-hydrogen) atoms. The Kier molecular flexibility index (Phi) is 2.89. The summed E-state index contributed by atoms with van der Waals surface area (Å²) in [6.45, 7) is 2.01. The molecule has 0 fully saturated rings. The van der Waals surface area contributed by atoms with Crippen molar-refractivity contribution in [2.75, 3.05) is 0 Å². The SMILES string of the molecule is Cc1cccc(-c2nc(Cl)cc(Cl)n2)c1. The van der Waals surface area contributed by atoms with E-state index < -0.39 is 0 Å². The highest BCUT2D eigenvalue weighted by Crippen LogP contribution is 2.20. The van der Waals surface area contributed by atoms with Crippen molar-refractivity contribution in [3.8, 4) is 11.4 Å². The van der Waals surface area contributed by atoms with Gasteiger partial charge in [0.25, 0.3) is 0 Å². The van der Waals surface area contributed by atoms with Crippen molar-refractivity contribution in [1.29, 1.82) is 0 Å². The summed E-state index contributed by atoms with van der Waals surface area (Å²) in [5, 5.41) is 0.706. The minimum absolute atomic E-state index is 0.353. The van der Waals surface area contributed by atoms with Crippen LogP contribution in [-0.4, -0.2) is 9.97 Å². The Morgan fingerprint density at radius 1 is 1.00 bits per heavy atom. The number of halogens is 2. The average molecular weight is 239 g/mol. The standard InChI is InChI=1S/C11H8Cl2N2/c1-7-3-2-4-8(5-7)11-14-9(12)6-10(13)15-11/h2-6H,1H3. The first-order valence-electron chi connectivity index (χ1n) is 4.42. The molecule has 0 saturated carbocycles. The molecule has 2 nitrogen and oxygen atoms in total. The van der Waals surface area contributed by atoms with Crippen LogP contribution in [0.3, 0.4) is 0 Å². The lowest BCUT2D eigenvalue weighted by atomic mass is 10.1. The highest BCUT2D eigenvalue weighted by atomic mass is 35.5. The Hall–Kier alpha value is -1.12. The maximum atomic E-state index is 5.80. The summed E-state index contributed by atoms with van der Waals surface area (Å²) >= 11 is 11.6. The third-order valence-corrected chi connectivity index (χ3v) is 2.33. The molecular weight excluding hydrogens is 231 g/mol. The second kappa shape index (κ2) is 4.17. The van der Waals surface area contributed by atoms with E-state index in [0.29, 0.717) is 16.1 Å². The van der Waals surface area contributed by atoms with Gasteiger partial charge < -0.3 is 0 Å². The minimum Gasteiger partial charge on any atom is -0.216 e. The second-order valence-electron chi connectivity index (χ2n) is 3.21. The quantitative estimate of drug-likeness (QED) is 0.708. The topological polar surface area (TPSA) is 25.8 Å². The van der Waals surface area contributed by atoms with Crippen LogP contribution < -0.4 is 0 Å². The maximum absolute atomic E-state index is 5.80. The Morgan fingerprint density at radius 2 is 1.67 bits per heavy atom. The first-order chi connectivity index (χ1) is 7.15. The molecule has 1 aromatic carbocycles. The van der Waals surface area contributed by atoms with Crippen molar-refractivity contribution in [2.45, 2.75) is 6.92 Å². The van der Waals surface area contributed by atoms with Gasteiger partial charge in [-0.1, -0.05) is 47.0 Å². The first kappa shape index (κ1) is 10.4. The molecule has 0 atom stereocenters. The van der Waals surface area contributed by atoms with Crippen molar-refractivity contribution in [3.05, 3.63) is 46.2 Å². The Morgan fingerprint density at radius 3 is 2.27 bits per heavy atom. The minimum atomic E-state index is 0.353. The molecule has 4 heteroatoms. The van der Waals surface area contributed by atoms with E-state index >= 15 is 0 Å². The summed E-state index contributed by atoms with van der Waals surface area (Å²) in [7, 11) is 0. The van der Waals surface area contributed by atoms with Crippen molar-refractivity contribution in [3.63, 3.8) is 0 Å². The van der Waals surface area contributed by atoms with E-state index in [9.17, 15) is 0 Å². The van der Waals surface area contributed by atoms with Crippen LogP contribution in [0, 0.1) is 6.92 Å². The van der Waals surface area contributed by atoms with Gasteiger partial charge in [0.15, 0.2) is 5.82 Å². The molecule has 0 aliphatic heterocycles. The fraction of sp³-hybridized carbons (Fsp3) is 0.0909. The molecule has 1 heterocycles. The zero-order valence-corrected chi connectivity index (χ0v) is 9.55. The molecule has 76 valence electrons. The summed E-state index contributed by atoms with van der Waals surface area (Å²) in [6.07, 6.45) is 0. The fourth-order valence-corrected chi connectivity index (χ4v) is 1.73. The summed E-state index contributed by atoms with van der Waals surface area (Å²) < 4.78 is 0. The third-order valence-electron chi connectivity index (χ3n) is 1.94. The van der Waals surface area contributed by atoms with Crippen LogP contribution >= 0.6 is 23.2 Å². The van der Waals surface area contributed by atoms with Gasteiger partial charge in [-0.05, 0) is 13.0 Å². The lowest BCUT2D eigenvalue weighted by Gasteiger charge is -2.02. The van der Waals surface area contributed by atoms with E-state index in [1.165, 1.54) is 6.07 Å². The van der Waals surface area contributed by atoms with Crippen LogP contribution in [0.4, 0.5) is 0 Å². The van der Waals surface area contributed by atoms with Crippen LogP contribution in [0.2, 0.25) is 10.3 Å². The number of aryl methyl sites for hydroxylation is 1. The first-order valence-corrected chi connectivity index (χ1v) is 5.18. The molecule has 0 bridgehead atoms. The zero-order chi connectivity index (χ0) is 10.8. The molecule has 1 aromatic heterocycles. The van der Waals surface area contributed by atoms with Gasteiger partial charge in [0.2, 0.25) is 0 Å². The lowest BCUT2D eigenvalue weighted by Crippen LogP contribution is -1.90. The molecule has 0 N–H and O–H groups in total. The van der Waals surface area contributed by atoms with Gasteiger partial charge in [0.1, 0.15) is 10.3 Å². The van der Waals surface area contributed by atoms with Gasteiger partial charge in [0, 0.05) is 11.6 Å². The smallest absolute Gasteiger partial charge is 0.162 e. The zero-order valence-electron chi connectivity index (χ0n) is 8.04. The van der Waals surface area contributed by atoms with Crippen molar-refractivity contribution < 1.29 is 0 Å². The number of hydrogen-bond acceptors (Lipinski definition) is 2. The van der Waals surface area contributed by atoms with Crippen molar-refractivity contribution in [1.82, 2.24) is 9.97 Å². The highest BCUT2D eigenvalue weighted by Gasteiger charge is 2.04. The summed E-state index contributed by atoms with van der Waals surface area (Å²) in [5.41, 5.74) is 2.06. The number of hydrogen-bond donors (Lipinski definition) is 0. The maximum Gasteiger partial charge on any atom is 0.162 e. The van der Waals surface area contributed by atoms with Crippen LogP contribution in [0.15, 0.2) is 30.3 Å². The van der Waals surface area contributed by atoms with Crippen LogP contribution in [-0.2, 0) is 0 Å². The largest absolute Gasteiger partial charge is 0.216 e. The molecule has 0 saturated heterocycles.